The number of nitrogens with zero attached hydrogens (tertiary/aromatic N) is 3. The largest absolute Gasteiger partial charge is 0.336 e. The standard InChI is InChI=1S/C18H14ClN3S2/c19-14-5-7-15(8-6-14)24-18(11-22-10-9-21-13-22)16-3-1-2-4-17(16)23-12-20/h1-10,13,18H,11H2. The molecule has 0 saturated heterocycles. The fourth-order valence-electron chi connectivity index (χ4n) is 2.35. The van der Waals surface area contributed by atoms with Crippen LogP contribution in [0.25, 0.3) is 0 Å². The van der Waals surface area contributed by atoms with Crippen LogP contribution in [0.2, 0.25) is 5.02 Å². The third-order valence-corrected chi connectivity index (χ3v) is 5.62. The summed E-state index contributed by atoms with van der Waals surface area (Å²) in [4.78, 5) is 6.26. The lowest BCUT2D eigenvalue weighted by Crippen LogP contribution is -2.06. The van der Waals surface area contributed by atoms with Crippen molar-refractivity contribution in [1.29, 1.82) is 5.26 Å². The predicted octanol–water partition coefficient (Wildman–Crippen LogP) is 5.64. The Balaban J connectivity index is 1.92. The van der Waals surface area contributed by atoms with E-state index < -0.39 is 0 Å². The molecule has 6 heteroatoms. The van der Waals surface area contributed by atoms with Gasteiger partial charge in [-0.1, -0.05) is 29.8 Å². The molecule has 0 saturated carbocycles. The SMILES string of the molecule is N#CSc1ccccc1C(Cn1ccnc1)Sc1ccc(Cl)cc1. The second-order valence-corrected chi connectivity index (χ2v) is 7.59. The van der Waals surface area contributed by atoms with Crippen molar-refractivity contribution in [3.8, 4) is 5.40 Å². The van der Waals surface area contributed by atoms with E-state index in [9.17, 15) is 0 Å². The van der Waals surface area contributed by atoms with Crippen LogP contribution in [0.15, 0.2) is 77.0 Å². The van der Waals surface area contributed by atoms with Crippen LogP contribution in [-0.2, 0) is 6.54 Å². The van der Waals surface area contributed by atoms with Gasteiger partial charge < -0.3 is 4.57 Å². The molecule has 3 nitrogen and oxygen atoms in total. The second-order valence-electron chi connectivity index (χ2n) is 5.05. The Hall–Kier alpha value is -1.87. The van der Waals surface area contributed by atoms with Gasteiger partial charge in [-0.2, -0.15) is 5.26 Å². The zero-order chi connectivity index (χ0) is 16.8. The van der Waals surface area contributed by atoms with Crippen molar-refractivity contribution >= 4 is 35.1 Å². The Bertz CT molecular complexity index is 826. The lowest BCUT2D eigenvalue weighted by Gasteiger charge is -2.20. The molecule has 0 radical (unpaired) electrons. The molecule has 3 aromatic rings. The van der Waals surface area contributed by atoms with Crippen LogP contribution >= 0.6 is 35.1 Å². The van der Waals surface area contributed by atoms with E-state index in [1.807, 2.05) is 55.0 Å². The molecular weight excluding hydrogens is 358 g/mol. The summed E-state index contributed by atoms with van der Waals surface area (Å²) in [5.74, 6) is 0. The van der Waals surface area contributed by atoms with E-state index in [1.165, 1.54) is 11.8 Å². The van der Waals surface area contributed by atoms with Crippen LogP contribution in [0.3, 0.4) is 0 Å². The molecule has 24 heavy (non-hydrogen) atoms. The Morgan fingerprint density at radius 2 is 1.96 bits per heavy atom. The van der Waals surface area contributed by atoms with Crippen molar-refractivity contribution in [3.05, 3.63) is 77.8 Å². The summed E-state index contributed by atoms with van der Waals surface area (Å²) in [5.41, 5.74) is 1.15. The summed E-state index contributed by atoms with van der Waals surface area (Å²) in [6.07, 6.45) is 5.55. The van der Waals surface area contributed by atoms with Crippen LogP contribution in [0.5, 0.6) is 0 Å². The number of rotatable bonds is 6. The zero-order valence-electron chi connectivity index (χ0n) is 12.7. The molecule has 2 aromatic carbocycles. The van der Waals surface area contributed by atoms with E-state index in [0.29, 0.717) is 0 Å². The van der Waals surface area contributed by atoms with E-state index in [0.717, 1.165) is 26.9 Å². The average Bonchev–Trinajstić information content (AvgIpc) is 3.10. The van der Waals surface area contributed by atoms with E-state index >= 15 is 0 Å². The normalized spacial score (nSPS) is 11.8. The van der Waals surface area contributed by atoms with E-state index in [4.69, 9.17) is 16.9 Å². The highest BCUT2D eigenvalue weighted by atomic mass is 35.5. The monoisotopic (exact) mass is 371 g/mol. The summed E-state index contributed by atoms with van der Waals surface area (Å²) in [6, 6.07) is 15.9. The minimum Gasteiger partial charge on any atom is -0.336 e. The van der Waals surface area contributed by atoms with Crippen LogP contribution in [0, 0.1) is 10.7 Å². The van der Waals surface area contributed by atoms with Crippen LogP contribution < -0.4 is 0 Å². The summed E-state index contributed by atoms with van der Waals surface area (Å²) in [7, 11) is 0. The molecule has 1 unspecified atom stereocenters. The highest BCUT2D eigenvalue weighted by Crippen LogP contribution is 2.40. The number of halogens is 1. The summed E-state index contributed by atoms with van der Waals surface area (Å²) < 4.78 is 2.06. The number of nitriles is 1. The van der Waals surface area contributed by atoms with Gasteiger partial charge >= 0.3 is 0 Å². The molecular formula is C18H14ClN3S2. The third kappa shape index (κ3) is 4.35. The quantitative estimate of drug-likeness (QED) is 0.415. The van der Waals surface area contributed by atoms with E-state index in [2.05, 4.69) is 21.0 Å². The average molecular weight is 372 g/mol. The molecule has 1 atom stereocenters. The highest BCUT2D eigenvalue weighted by Gasteiger charge is 2.18. The molecule has 0 N–H and O–H groups in total. The number of imidazole rings is 1. The smallest absolute Gasteiger partial charge is 0.138 e. The van der Waals surface area contributed by atoms with Crippen molar-refractivity contribution in [2.24, 2.45) is 0 Å². The lowest BCUT2D eigenvalue weighted by atomic mass is 10.1. The summed E-state index contributed by atoms with van der Waals surface area (Å²) in [5, 5.41) is 12.2. The maximum absolute atomic E-state index is 9.08. The molecule has 0 aliphatic rings. The van der Waals surface area contributed by atoms with Gasteiger partial charge in [0.05, 0.1) is 11.6 Å². The van der Waals surface area contributed by atoms with Gasteiger partial charge in [0.25, 0.3) is 0 Å². The van der Waals surface area contributed by atoms with Crippen molar-refractivity contribution in [3.63, 3.8) is 0 Å². The van der Waals surface area contributed by atoms with Crippen molar-refractivity contribution in [2.75, 3.05) is 0 Å². The van der Waals surface area contributed by atoms with Crippen LogP contribution in [0.1, 0.15) is 10.8 Å². The fraction of sp³-hybridized carbons (Fsp3) is 0.111. The fourth-order valence-corrected chi connectivity index (χ4v) is 4.33. The number of aromatic nitrogens is 2. The molecule has 1 heterocycles. The Morgan fingerprint density at radius 1 is 1.17 bits per heavy atom. The second kappa shape index (κ2) is 8.29. The number of benzene rings is 2. The first-order valence-corrected chi connectivity index (χ1v) is 9.36. The van der Waals surface area contributed by atoms with Gasteiger partial charge in [-0.25, -0.2) is 4.98 Å². The Morgan fingerprint density at radius 3 is 2.67 bits per heavy atom. The molecule has 0 bridgehead atoms. The number of thiocyanates is 1. The highest BCUT2D eigenvalue weighted by molar-refractivity contribution is 8.04. The zero-order valence-corrected chi connectivity index (χ0v) is 15.1. The van der Waals surface area contributed by atoms with Gasteiger partial charge in [0.15, 0.2) is 0 Å². The van der Waals surface area contributed by atoms with E-state index in [-0.39, 0.29) is 5.25 Å². The van der Waals surface area contributed by atoms with Gasteiger partial charge in [-0.3, -0.25) is 0 Å². The van der Waals surface area contributed by atoms with Crippen LogP contribution in [0.4, 0.5) is 0 Å². The first-order valence-electron chi connectivity index (χ1n) is 7.29. The minimum absolute atomic E-state index is 0.164. The van der Waals surface area contributed by atoms with Gasteiger partial charge in [0.2, 0.25) is 0 Å². The Labute approximate surface area is 154 Å². The lowest BCUT2D eigenvalue weighted by molar-refractivity contribution is 0.677. The Kier molecular flexibility index (Phi) is 5.86. The van der Waals surface area contributed by atoms with Gasteiger partial charge in [-0.05, 0) is 47.7 Å². The number of thioether (sulfide) groups is 2. The number of hydrogen-bond acceptors (Lipinski definition) is 4. The van der Waals surface area contributed by atoms with Gasteiger partial charge in [0.1, 0.15) is 5.40 Å². The maximum atomic E-state index is 9.08. The predicted molar refractivity (Wildman–Crippen MR) is 100 cm³/mol. The molecule has 0 fully saturated rings. The summed E-state index contributed by atoms with van der Waals surface area (Å²) in [6.45, 7) is 0.774. The van der Waals surface area contributed by atoms with E-state index in [1.54, 1.807) is 18.0 Å². The van der Waals surface area contributed by atoms with Gasteiger partial charge in [-0.15, -0.1) is 11.8 Å². The molecule has 0 spiro atoms. The van der Waals surface area contributed by atoms with Gasteiger partial charge in [0, 0.05) is 33.8 Å². The molecule has 1 aromatic heterocycles. The van der Waals surface area contributed by atoms with Crippen LogP contribution in [-0.4, -0.2) is 9.55 Å². The molecule has 0 amide bonds. The summed E-state index contributed by atoms with van der Waals surface area (Å²) >= 11 is 8.95. The van der Waals surface area contributed by atoms with Crippen molar-refractivity contribution in [1.82, 2.24) is 9.55 Å². The third-order valence-electron chi connectivity index (χ3n) is 3.45. The first-order chi connectivity index (χ1) is 11.8. The molecule has 3 rings (SSSR count). The first kappa shape index (κ1) is 17.0. The maximum Gasteiger partial charge on any atom is 0.138 e. The molecule has 0 aliphatic carbocycles. The molecule has 120 valence electrons. The van der Waals surface area contributed by atoms with Crippen molar-refractivity contribution in [2.45, 2.75) is 21.6 Å². The molecule has 0 aliphatic heterocycles. The topological polar surface area (TPSA) is 41.6 Å². The number of hydrogen-bond donors (Lipinski definition) is 0. The van der Waals surface area contributed by atoms with Crippen molar-refractivity contribution < 1.29 is 0 Å². The minimum atomic E-state index is 0.164.